The molecule has 4 heteroatoms. The van der Waals surface area contributed by atoms with Crippen molar-refractivity contribution in [1.82, 2.24) is 5.32 Å². The van der Waals surface area contributed by atoms with Crippen LogP contribution in [-0.2, 0) is 11.3 Å². The van der Waals surface area contributed by atoms with Crippen LogP contribution in [0.15, 0.2) is 18.2 Å². The van der Waals surface area contributed by atoms with Gasteiger partial charge in [-0.25, -0.2) is 0 Å². The number of hydrogen-bond acceptors (Lipinski definition) is 3. The van der Waals surface area contributed by atoms with Crippen LogP contribution in [0.3, 0.4) is 0 Å². The average molecular weight is 297 g/mol. The number of methoxy groups -OCH3 is 1. The molecule has 1 heterocycles. The molecule has 0 radical (unpaired) electrons. The smallest absolute Gasteiger partial charge is 0.0746 e. The number of halogens is 1. The minimum atomic E-state index is 0.333. The molecule has 2 rings (SSSR count). The van der Waals surface area contributed by atoms with Gasteiger partial charge in [0.15, 0.2) is 0 Å². The van der Waals surface area contributed by atoms with Crippen LogP contribution in [0.25, 0.3) is 0 Å². The predicted octanol–water partition coefficient (Wildman–Crippen LogP) is 3.45. The van der Waals surface area contributed by atoms with Crippen molar-refractivity contribution >= 4 is 17.3 Å². The number of nitrogens with one attached hydrogen (secondary N) is 1. The highest BCUT2D eigenvalue weighted by Crippen LogP contribution is 2.28. The molecular weight excluding hydrogens is 272 g/mol. The van der Waals surface area contributed by atoms with Gasteiger partial charge in [-0.3, -0.25) is 0 Å². The van der Waals surface area contributed by atoms with Gasteiger partial charge >= 0.3 is 0 Å². The number of ether oxygens (including phenoxy) is 1. The van der Waals surface area contributed by atoms with Crippen LogP contribution in [-0.4, -0.2) is 32.8 Å². The predicted molar refractivity (Wildman–Crippen MR) is 85.7 cm³/mol. The summed E-state index contributed by atoms with van der Waals surface area (Å²) in [7, 11) is 1.80. The summed E-state index contributed by atoms with van der Waals surface area (Å²) in [6.45, 7) is 6.17. The van der Waals surface area contributed by atoms with E-state index >= 15 is 0 Å². The maximum absolute atomic E-state index is 6.19. The summed E-state index contributed by atoms with van der Waals surface area (Å²) in [6.07, 6.45) is 3.81. The highest BCUT2D eigenvalue weighted by atomic mass is 35.5. The van der Waals surface area contributed by atoms with Gasteiger partial charge in [0, 0.05) is 37.5 Å². The Kier molecular flexibility index (Phi) is 6.14. The second-order valence-electron chi connectivity index (χ2n) is 5.40. The standard InChI is InChI=1S/C16H25ClN2O/c1-3-8-18-11-13-6-7-14(17)10-16(13)19-9-4-5-15(12-19)20-2/h6-7,10,15,18H,3-5,8-9,11-12H2,1-2H3. The van der Waals surface area contributed by atoms with Gasteiger partial charge in [-0.1, -0.05) is 24.6 Å². The first-order chi connectivity index (χ1) is 9.74. The molecule has 1 atom stereocenters. The van der Waals surface area contributed by atoms with Crippen molar-refractivity contribution in [2.75, 3.05) is 31.6 Å². The first kappa shape index (κ1) is 15.6. The minimum absolute atomic E-state index is 0.333. The van der Waals surface area contributed by atoms with Crippen LogP contribution in [0, 0.1) is 0 Å². The maximum atomic E-state index is 6.19. The molecule has 1 unspecified atom stereocenters. The Balaban J connectivity index is 2.13. The van der Waals surface area contributed by atoms with E-state index in [4.69, 9.17) is 16.3 Å². The van der Waals surface area contributed by atoms with Crippen molar-refractivity contribution in [2.24, 2.45) is 0 Å². The average Bonchev–Trinajstić information content (AvgIpc) is 2.49. The lowest BCUT2D eigenvalue weighted by Gasteiger charge is -2.35. The van der Waals surface area contributed by atoms with Gasteiger partial charge in [0.1, 0.15) is 0 Å². The van der Waals surface area contributed by atoms with Crippen LogP contribution >= 0.6 is 11.6 Å². The quantitative estimate of drug-likeness (QED) is 0.814. The lowest BCUT2D eigenvalue weighted by Crippen LogP contribution is -2.39. The molecule has 0 spiro atoms. The Morgan fingerprint density at radius 2 is 2.30 bits per heavy atom. The minimum Gasteiger partial charge on any atom is -0.380 e. The third-order valence-corrected chi connectivity index (χ3v) is 4.08. The summed E-state index contributed by atoms with van der Waals surface area (Å²) in [5, 5.41) is 4.28. The Labute approximate surface area is 127 Å². The van der Waals surface area contributed by atoms with Crippen LogP contribution in [0.2, 0.25) is 5.02 Å². The molecule has 3 nitrogen and oxygen atoms in total. The van der Waals surface area contributed by atoms with E-state index in [9.17, 15) is 0 Å². The third kappa shape index (κ3) is 4.11. The molecule has 1 aromatic carbocycles. The molecule has 0 aliphatic carbocycles. The Morgan fingerprint density at radius 3 is 3.05 bits per heavy atom. The van der Waals surface area contributed by atoms with Crippen molar-refractivity contribution in [3.05, 3.63) is 28.8 Å². The largest absolute Gasteiger partial charge is 0.380 e. The molecule has 1 aliphatic rings. The molecule has 20 heavy (non-hydrogen) atoms. The van der Waals surface area contributed by atoms with Gasteiger partial charge in [0.25, 0.3) is 0 Å². The third-order valence-electron chi connectivity index (χ3n) is 3.84. The summed E-state index contributed by atoms with van der Waals surface area (Å²) < 4.78 is 5.52. The summed E-state index contributed by atoms with van der Waals surface area (Å²) in [4.78, 5) is 2.41. The molecule has 1 aromatic rings. The van der Waals surface area contributed by atoms with Crippen molar-refractivity contribution in [3.63, 3.8) is 0 Å². The van der Waals surface area contributed by atoms with Crippen LogP contribution in [0.4, 0.5) is 5.69 Å². The number of anilines is 1. The Hall–Kier alpha value is -0.770. The molecule has 0 saturated carbocycles. The van der Waals surface area contributed by atoms with E-state index in [1.165, 1.54) is 17.7 Å². The number of piperidine rings is 1. The zero-order valence-electron chi connectivity index (χ0n) is 12.5. The van der Waals surface area contributed by atoms with E-state index in [2.05, 4.69) is 29.3 Å². The lowest BCUT2D eigenvalue weighted by molar-refractivity contribution is 0.0893. The SMILES string of the molecule is CCCNCc1ccc(Cl)cc1N1CCCC(OC)C1. The Bertz CT molecular complexity index is 425. The van der Waals surface area contributed by atoms with Gasteiger partial charge < -0.3 is 15.0 Å². The second-order valence-corrected chi connectivity index (χ2v) is 5.83. The molecule has 1 fully saturated rings. The highest BCUT2D eigenvalue weighted by molar-refractivity contribution is 6.30. The lowest BCUT2D eigenvalue weighted by atomic mass is 10.0. The zero-order chi connectivity index (χ0) is 14.4. The van der Waals surface area contributed by atoms with E-state index in [1.807, 2.05) is 6.07 Å². The molecule has 1 saturated heterocycles. The molecule has 112 valence electrons. The van der Waals surface area contributed by atoms with Crippen molar-refractivity contribution in [3.8, 4) is 0 Å². The molecule has 0 amide bonds. The summed E-state index contributed by atoms with van der Waals surface area (Å²) in [5.41, 5.74) is 2.57. The van der Waals surface area contributed by atoms with Crippen LogP contribution < -0.4 is 10.2 Å². The molecule has 0 aromatic heterocycles. The highest BCUT2D eigenvalue weighted by Gasteiger charge is 2.21. The molecule has 0 bridgehead atoms. The van der Waals surface area contributed by atoms with E-state index < -0.39 is 0 Å². The topological polar surface area (TPSA) is 24.5 Å². The van der Waals surface area contributed by atoms with E-state index in [1.54, 1.807) is 7.11 Å². The fourth-order valence-corrected chi connectivity index (χ4v) is 2.90. The maximum Gasteiger partial charge on any atom is 0.0746 e. The van der Waals surface area contributed by atoms with Crippen molar-refractivity contribution < 1.29 is 4.74 Å². The van der Waals surface area contributed by atoms with E-state index in [-0.39, 0.29) is 0 Å². The molecular formula is C16H25ClN2O. The van der Waals surface area contributed by atoms with E-state index in [0.717, 1.165) is 44.0 Å². The van der Waals surface area contributed by atoms with Gasteiger partial charge in [-0.05, 0) is 43.5 Å². The Morgan fingerprint density at radius 1 is 1.45 bits per heavy atom. The van der Waals surface area contributed by atoms with Crippen molar-refractivity contribution in [2.45, 2.75) is 38.8 Å². The van der Waals surface area contributed by atoms with Crippen LogP contribution in [0.5, 0.6) is 0 Å². The van der Waals surface area contributed by atoms with Gasteiger partial charge in [0.2, 0.25) is 0 Å². The number of rotatable bonds is 6. The van der Waals surface area contributed by atoms with Crippen LogP contribution in [0.1, 0.15) is 31.7 Å². The number of nitrogens with zero attached hydrogens (tertiary/aromatic N) is 1. The van der Waals surface area contributed by atoms with Gasteiger partial charge in [-0.15, -0.1) is 0 Å². The summed E-state index contributed by atoms with van der Waals surface area (Å²) in [6, 6.07) is 6.20. The second kappa shape index (κ2) is 7.87. The fourth-order valence-electron chi connectivity index (χ4n) is 2.73. The molecule has 1 N–H and O–H groups in total. The monoisotopic (exact) mass is 296 g/mol. The first-order valence-corrected chi connectivity index (χ1v) is 7.89. The fraction of sp³-hybridized carbons (Fsp3) is 0.625. The normalized spacial score (nSPS) is 19.4. The number of benzene rings is 1. The molecule has 1 aliphatic heterocycles. The van der Waals surface area contributed by atoms with E-state index in [0.29, 0.717) is 6.10 Å². The van der Waals surface area contributed by atoms with Gasteiger partial charge in [-0.2, -0.15) is 0 Å². The number of hydrogen-bond donors (Lipinski definition) is 1. The zero-order valence-corrected chi connectivity index (χ0v) is 13.2. The van der Waals surface area contributed by atoms with Crippen molar-refractivity contribution in [1.29, 1.82) is 0 Å². The summed E-state index contributed by atoms with van der Waals surface area (Å²) in [5.74, 6) is 0. The summed E-state index contributed by atoms with van der Waals surface area (Å²) >= 11 is 6.19. The van der Waals surface area contributed by atoms with Gasteiger partial charge in [0.05, 0.1) is 6.10 Å². The first-order valence-electron chi connectivity index (χ1n) is 7.51.